The van der Waals surface area contributed by atoms with Crippen molar-refractivity contribution in [1.29, 1.82) is 5.26 Å². The van der Waals surface area contributed by atoms with Crippen LogP contribution in [-0.4, -0.2) is 13.2 Å². The largest absolute Gasteiger partial charge is 0.490 e. The van der Waals surface area contributed by atoms with Gasteiger partial charge in [-0.2, -0.15) is 5.26 Å². The Morgan fingerprint density at radius 2 is 1.95 bits per heavy atom. The maximum atomic E-state index is 13.5. The minimum atomic E-state index is -0.494. The van der Waals surface area contributed by atoms with E-state index in [1.54, 1.807) is 6.07 Å². The number of hydrogen-bond acceptors (Lipinski definition) is 3. The zero-order valence-corrected chi connectivity index (χ0v) is 11.7. The Bertz CT molecular complexity index is 608. The van der Waals surface area contributed by atoms with Crippen LogP contribution in [0.25, 0.3) is 0 Å². The summed E-state index contributed by atoms with van der Waals surface area (Å²) >= 11 is 0. The number of nitrogens with one attached hydrogen (secondary N) is 1. The Kier molecular flexibility index (Phi) is 5.74. The quantitative estimate of drug-likeness (QED) is 0.794. The lowest BCUT2D eigenvalue weighted by Crippen LogP contribution is -2.17. The molecule has 2 rings (SSSR count). The molecular weight excluding hydrogens is 267 g/mol. The lowest BCUT2D eigenvalue weighted by Gasteiger charge is -2.08. The molecule has 0 bridgehead atoms. The molecule has 2 aromatic rings. The van der Waals surface area contributed by atoms with Crippen LogP contribution in [0.4, 0.5) is 4.39 Å². The Morgan fingerprint density at radius 3 is 2.67 bits per heavy atom. The van der Waals surface area contributed by atoms with E-state index in [1.807, 2.05) is 24.3 Å². The number of benzene rings is 2. The molecule has 0 radical (unpaired) electrons. The highest BCUT2D eigenvalue weighted by Crippen LogP contribution is 2.17. The highest BCUT2D eigenvalue weighted by molar-refractivity contribution is 5.35. The van der Waals surface area contributed by atoms with Crippen LogP contribution in [0.3, 0.4) is 0 Å². The van der Waals surface area contributed by atoms with E-state index in [1.165, 1.54) is 17.7 Å². The van der Waals surface area contributed by atoms with Crippen LogP contribution in [0.5, 0.6) is 5.75 Å². The normalized spacial score (nSPS) is 10.1. The lowest BCUT2D eigenvalue weighted by molar-refractivity contribution is 0.293. The van der Waals surface area contributed by atoms with Gasteiger partial charge in [-0.3, -0.25) is 0 Å². The van der Waals surface area contributed by atoms with E-state index in [2.05, 4.69) is 17.4 Å². The van der Waals surface area contributed by atoms with Crippen LogP contribution < -0.4 is 10.1 Å². The van der Waals surface area contributed by atoms with Crippen LogP contribution >= 0.6 is 0 Å². The zero-order valence-electron chi connectivity index (χ0n) is 11.7. The van der Waals surface area contributed by atoms with Gasteiger partial charge in [-0.25, -0.2) is 4.39 Å². The van der Waals surface area contributed by atoms with Gasteiger partial charge in [0.05, 0.1) is 18.2 Å². The first-order valence-electron chi connectivity index (χ1n) is 6.86. The van der Waals surface area contributed by atoms with E-state index in [0.717, 1.165) is 19.5 Å². The molecule has 0 unspecified atom stereocenters. The first-order valence-corrected chi connectivity index (χ1v) is 6.86. The predicted octanol–water partition coefficient (Wildman–Crippen LogP) is 3.26. The molecule has 0 aliphatic rings. The summed E-state index contributed by atoms with van der Waals surface area (Å²) in [6, 6.07) is 16.2. The smallest absolute Gasteiger partial charge is 0.166 e. The average molecular weight is 284 g/mol. The maximum absolute atomic E-state index is 13.5. The second-order valence-corrected chi connectivity index (χ2v) is 4.62. The molecule has 21 heavy (non-hydrogen) atoms. The molecule has 0 heterocycles. The highest BCUT2D eigenvalue weighted by atomic mass is 19.1. The van der Waals surface area contributed by atoms with Crippen molar-refractivity contribution in [1.82, 2.24) is 5.32 Å². The molecule has 0 amide bonds. The molecule has 2 aromatic carbocycles. The van der Waals surface area contributed by atoms with Crippen molar-refractivity contribution in [3.8, 4) is 11.8 Å². The third kappa shape index (κ3) is 4.90. The summed E-state index contributed by atoms with van der Waals surface area (Å²) in [6.45, 7) is 2.05. The van der Waals surface area contributed by atoms with Gasteiger partial charge in [-0.15, -0.1) is 0 Å². The number of nitrogens with zero attached hydrogens (tertiary/aromatic N) is 1. The van der Waals surface area contributed by atoms with Gasteiger partial charge in [0.15, 0.2) is 11.6 Å². The molecule has 0 aromatic heterocycles. The standard InChI is InChI=1S/C17H17FN2O/c18-16-11-15(12-19)7-8-17(16)21-10-4-9-20-13-14-5-2-1-3-6-14/h1-3,5-8,11,20H,4,9-10,13H2. The van der Waals surface area contributed by atoms with E-state index in [4.69, 9.17) is 10.00 Å². The monoisotopic (exact) mass is 284 g/mol. The van der Waals surface area contributed by atoms with Gasteiger partial charge in [-0.1, -0.05) is 30.3 Å². The Balaban J connectivity index is 1.65. The molecule has 0 aliphatic heterocycles. The van der Waals surface area contributed by atoms with Gasteiger partial charge in [0.2, 0.25) is 0 Å². The van der Waals surface area contributed by atoms with Crippen LogP contribution in [0.2, 0.25) is 0 Å². The molecule has 0 saturated carbocycles. The van der Waals surface area contributed by atoms with E-state index < -0.39 is 5.82 Å². The van der Waals surface area contributed by atoms with Crippen LogP contribution in [0.1, 0.15) is 17.5 Å². The Labute approximate surface area is 124 Å². The van der Waals surface area contributed by atoms with Gasteiger partial charge >= 0.3 is 0 Å². The maximum Gasteiger partial charge on any atom is 0.166 e. The number of halogens is 1. The topological polar surface area (TPSA) is 45.0 Å². The Morgan fingerprint density at radius 1 is 1.14 bits per heavy atom. The molecule has 1 N–H and O–H groups in total. The summed E-state index contributed by atoms with van der Waals surface area (Å²) in [5.41, 5.74) is 1.53. The van der Waals surface area contributed by atoms with Gasteiger partial charge in [0, 0.05) is 6.54 Å². The molecule has 0 saturated heterocycles. The van der Waals surface area contributed by atoms with Crippen molar-refractivity contribution >= 4 is 0 Å². The fourth-order valence-corrected chi connectivity index (χ4v) is 1.90. The molecule has 108 valence electrons. The van der Waals surface area contributed by atoms with Crippen LogP contribution in [0, 0.1) is 17.1 Å². The van der Waals surface area contributed by atoms with Gasteiger partial charge < -0.3 is 10.1 Å². The van der Waals surface area contributed by atoms with Gasteiger partial charge in [-0.05, 0) is 36.7 Å². The molecule has 3 nitrogen and oxygen atoms in total. The molecule has 0 atom stereocenters. The van der Waals surface area contributed by atoms with Gasteiger partial charge in [0.1, 0.15) is 0 Å². The first-order chi connectivity index (χ1) is 10.3. The van der Waals surface area contributed by atoms with Crippen molar-refractivity contribution < 1.29 is 9.13 Å². The average Bonchev–Trinajstić information content (AvgIpc) is 2.53. The number of rotatable bonds is 7. The predicted molar refractivity (Wildman–Crippen MR) is 79.4 cm³/mol. The summed E-state index contributed by atoms with van der Waals surface area (Å²) in [4.78, 5) is 0. The molecule has 4 heteroatoms. The van der Waals surface area contributed by atoms with Gasteiger partial charge in [0.25, 0.3) is 0 Å². The van der Waals surface area contributed by atoms with E-state index in [-0.39, 0.29) is 5.75 Å². The summed E-state index contributed by atoms with van der Waals surface area (Å²) in [6.07, 6.45) is 0.784. The minimum Gasteiger partial charge on any atom is -0.490 e. The summed E-state index contributed by atoms with van der Waals surface area (Å²) in [5.74, 6) is -0.302. The fourth-order valence-electron chi connectivity index (χ4n) is 1.90. The summed E-state index contributed by atoms with van der Waals surface area (Å²) < 4.78 is 18.9. The number of hydrogen-bond donors (Lipinski definition) is 1. The molecular formula is C17H17FN2O. The fraction of sp³-hybridized carbons (Fsp3) is 0.235. The van der Waals surface area contributed by atoms with E-state index in [9.17, 15) is 4.39 Å². The lowest BCUT2D eigenvalue weighted by atomic mass is 10.2. The third-order valence-electron chi connectivity index (χ3n) is 2.99. The van der Waals surface area contributed by atoms with E-state index >= 15 is 0 Å². The summed E-state index contributed by atoms with van der Waals surface area (Å²) in [5, 5.41) is 12.0. The second kappa shape index (κ2) is 8.03. The van der Waals surface area contributed by atoms with Crippen LogP contribution in [-0.2, 0) is 6.54 Å². The number of ether oxygens (including phenoxy) is 1. The third-order valence-corrected chi connectivity index (χ3v) is 2.99. The minimum absolute atomic E-state index is 0.192. The van der Waals surface area contributed by atoms with Crippen LogP contribution in [0.15, 0.2) is 48.5 Å². The molecule has 0 spiro atoms. The zero-order chi connectivity index (χ0) is 14.9. The van der Waals surface area contributed by atoms with Crippen molar-refractivity contribution in [2.75, 3.05) is 13.2 Å². The van der Waals surface area contributed by atoms with Crippen molar-refractivity contribution in [3.63, 3.8) is 0 Å². The van der Waals surface area contributed by atoms with Crippen molar-refractivity contribution in [2.24, 2.45) is 0 Å². The molecule has 0 aliphatic carbocycles. The van der Waals surface area contributed by atoms with Crippen molar-refractivity contribution in [2.45, 2.75) is 13.0 Å². The second-order valence-electron chi connectivity index (χ2n) is 4.62. The highest BCUT2D eigenvalue weighted by Gasteiger charge is 2.04. The number of nitriles is 1. The first kappa shape index (κ1) is 15.0. The van der Waals surface area contributed by atoms with Crippen molar-refractivity contribution in [3.05, 3.63) is 65.5 Å². The summed E-state index contributed by atoms with van der Waals surface area (Å²) in [7, 11) is 0. The SMILES string of the molecule is N#Cc1ccc(OCCCNCc2ccccc2)c(F)c1. The Hall–Kier alpha value is -2.38. The molecule has 0 fully saturated rings. The van der Waals surface area contributed by atoms with E-state index in [0.29, 0.717) is 12.2 Å².